The smallest absolute Gasteiger partial charge is 0.407 e. The Morgan fingerprint density at radius 1 is 1.13 bits per heavy atom. The van der Waals surface area contributed by atoms with Crippen LogP contribution >= 0.6 is 0 Å². The molecule has 1 N–H and O–H groups in total. The molecule has 23 heavy (non-hydrogen) atoms. The van der Waals surface area contributed by atoms with Gasteiger partial charge < -0.3 is 10.0 Å². The van der Waals surface area contributed by atoms with Crippen molar-refractivity contribution in [1.29, 1.82) is 0 Å². The van der Waals surface area contributed by atoms with E-state index in [4.69, 9.17) is 5.11 Å². The van der Waals surface area contributed by atoms with Gasteiger partial charge in [-0.05, 0) is 19.1 Å². The summed E-state index contributed by atoms with van der Waals surface area (Å²) in [5.41, 5.74) is 0. The maximum Gasteiger partial charge on any atom is 0.407 e. The van der Waals surface area contributed by atoms with E-state index in [9.17, 15) is 21.6 Å². The molecule has 0 bridgehead atoms. The standard InChI is InChI=1S/C13H18N2O6S2/c1-10-9-14(13(16)17)7-8-15(10)23(20,21)12-6-4-3-5-11(12)22(2,18)19/h3-6,10H,7-9H2,1-2H3,(H,16,17). The average molecular weight is 362 g/mol. The zero-order chi connectivity index (χ0) is 17.4. The van der Waals surface area contributed by atoms with Crippen molar-refractivity contribution in [3.8, 4) is 0 Å². The van der Waals surface area contributed by atoms with Crippen molar-refractivity contribution >= 4 is 26.0 Å². The van der Waals surface area contributed by atoms with Gasteiger partial charge in [-0.15, -0.1) is 0 Å². The van der Waals surface area contributed by atoms with Gasteiger partial charge in [-0.2, -0.15) is 4.31 Å². The fraction of sp³-hybridized carbons (Fsp3) is 0.462. The summed E-state index contributed by atoms with van der Waals surface area (Å²) >= 11 is 0. The molecule has 1 amide bonds. The fourth-order valence-corrected chi connectivity index (χ4v) is 5.78. The highest BCUT2D eigenvalue weighted by Crippen LogP contribution is 2.26. The van der Waals surface area contributed by atoms with E-state index in [0.29, 0.717) is 0 Å². The third-order valence-electron chi connectivity index (χ3n) is 3.67. The van der Waals surface area contributed by atoms with E-state index in [1.165, 1.54) is 24.3 Å². The summed E-state index contributed by atoms with van der Waals surface area (Å²) in [4.78, 5) is 11.6. The molecule has 1 saturated heterocycles. The Morgan fingerprint density at radius 3 is 2.17 bits per heavy atom. The first-order valence-electron chi connectivity index (χ1n) is 6.84. The predicted octanol–water partition coefficient (Wildman–Crippen LogP) is 0.463. The van der Waals surface area contributed by atoms with E-state index in [1.54, 1.807) is 6.92 Å². The van der Waals surface area contributed by atoms with Crippen molar-refractivity contribution in [2.45, 2.75) is 22.8 Å². The average Bonchev–Trinajstić information content (AvgIpc) is 2.46. The molecular weight excluding hydrogens is 344 g/mol. The van der Waals surface area contributed by atoms with Gasteiger partial charge in [0.2, 0.25) is 10.0 Å². The van der Waals surface area contributed by atoms with E-state index in [0.717, 1.165) is 15.5 Å². The van der Waals surface area contributed by atoms with Crippen LogP contribution in [0.4, 0.5) is 4.79 Å². The molecular formula is C13H18N2O6S2. The van der Waals surface area contributed by atoms with Gasteiger partial charge in [0.15, 0.2) is 9.84 Å². The molecule has 1 aromatic carbocycles. The van der Waals surface area contributed by atoms with Gasteiger partial charge in [0.05, 0.1) is 4.90 Å². The normalized spacial score (nSPS) is 20.4. The Morgan fingerprint density at radius 2 is 1.70 bits per heavy atom. The maximum absolute atomic E-state index is 12.8. The van der Waals surface area contributed by atoms with E-state index >= 15 is 0 Å². The molecule has 1 aliphatic heterocycles. The Bertz CT molecular complexity index is 819. The lowest BCUT2D eigenvalue weighted by atomic mass is 10.2. The lowest BCUT2D eigenvalue weighted by Gasteiger charge is -2.37. The van der Waals surface area contributed by atoms with E-state index < -0.39 is 32.0 Å². The summed E-state index contributed by atoms with van der Waals surface area (Å²) in [5.74, 6) is 0. The molecule has 1 aromatic rings. The summed E-state index contributed by atoms with van der Waals surface area (Å²) in [5, 5.41) is 8.99. The Balaban J connectivity index is 2.43. The molecule has 0 radical (unpaired) electrons. The highest BCUT2D eigenvalue weighted by molar-refractivity contribution is 7.93. The first-order chi connectivity index (χ1) is 10.5. The zero-order valence-corrected chi connectivity index (χ0v) is 14.3. The number of rotatable bonds is 3. The highest BCUT2D eigenvalue weighted by Gasteiger charge is 2.37. The molecule has 128 valence electrons. The van der Waals surface area contributed by atoms with Crippen LogP contribution in [-0.4, -0.2) is 69.2 Å². The van der Waals surface area contributed by atoms with E-state index in [-0.39, 0.29) is 29.4 Å². The van der Waals surface area contributed by atoms with Crippen LogP contribution in [0, 0.1) is 0 Å². The molecule has 1 unspecified atom stereocenters. The van der Waals surface area contributed by atoms with Crippen LogP contribution in [-0.2, 0) is 19.9 Å². The number of amides is 1. The molecule has 0 aliphatic carbocycles. The number of hydrogen-bond acceptors (Lipinski definition) is 5. The Hall–Kier alpha value is -1.65. The summed E-state index contributed by atoms with van der Waals surface area (Å²) in [7, 11) is -7.75. The Labute approximate surface area is 135 Å². The number of carbonyl (C=O) groups is 1. The molecule has 1 heterocycles. The quantitative estimate of drug-likeness (QED) is 0.836. The van der Waals surface area contributed by atoms with Crippen LogP contribution < -0.4 is 0 Å². The monoisotopic (exact) mass is 362 g/mol. The van der Waals surface area contributed by atoms with Gasteiger partial charge in [-0.25, -0.2) is 21.6 Å². The molecule has 0 saturated carbocycles. The van der Waals surface area contributed by atoms with Gasteiger partial charge in [0.1, 0.15) is 4.90 Å². The van der Waals surface area contributed by atoms with Gasteiger partial charge in [0, 0.05) is 31.9 Å². The maximum atomic E-state index is 12.8. The third-order valence-corrected chi connectivity index (χ3v) is 7.03. The van der Waals surface area contributed by atoms with Crippen molar-refractivity contribution in [1.82, 2.24) is 9.21 Å². The number of sulfonamides is 1. The molecule has 0 aromatic heterocycles. The molecule has 0 spiro atoms. The molecule has 1 aliphatic rings. The minimum Gasteiger partial charge on any atom is -0.465 e. The van der Waals surface area contributed by atoms with Gasteiger partial charge in [-0.3, -0.25) is 0 Å². The number of carboxylic acid groups (broad SMARTS) is 1. The van der Waals surface area contributed by atoms with Crippen molar-refractivity contribution < 1.29 is 26.7 Å². The first-order valence-corrected chi connectivity index (χ1v) is 10.2. The zero-order valence-electron chi connectivity index (χ0n) is 12.7. The van der Waals surface area contributed by atoms with Crippen molar-refractivity contribution in [2.24, 2.45) is 0 Å². The second-order valence-corrected chi connectivity index (χ2v) is 9.26. The summed E-state index contributed by atoms with van der Waals surface area (Å²) in [6.07, 6.45) is -0.155. The topological polar surface area (TPSA) is 112 Å². The van der Waals surface area contributed by atoms with Crippen LogP contribution in [0.15, 0.2) is 34.1 Å². The lowest BCUT2D eigenvalue weighted by Crippen LogP contribution is -2.55. The highest BCUT2D eigenvalue weighted by atomic mass is 32.2. The molecule has 2 rings (SSSR count). The summed E-state index contributed by atoms with van der Waals surface area (Å²) in [6, 6.07) is 4.83. The lowest BCUT2D eigenvalue weighted by molar-refractivity contribution is 0.109. The number of benzene rings is 1. The molecule has 10 heteroatoms. The van der Waals surface area contributed by atoms with E-state index in [2.05, 4.69) is 0 Å². The van der Waals surface area contributed by atoms with Crippen LogP contribution in [0.5, 0.6) is 0 Å². The Kier molecular flexibility index (Phi) is 4.69. The fourth-order valence-electron chi connectivity index (χ4n) is 2.57. The van der Waals surface area contributed by atoms with Gasteiger partial charge >= 0.3 is 6.09 Å². The minimum absolute atomic E-state index is 0.0199. The predicted molar refractivity (Wildman–Crippen MR) is 82.5 cm³/mol. The van der Waals surface area contributed by atoms with Crippen LogP contribution in [0.3, 0.4) is 0 Å². The molecule has 1 atom stereocenters. The van der Waals surface area contributed by atoms with Crippen LogP contribution in [0.25, 0.3) is 0 Å². The SMILES string of the molecule is CC1CN(C(=O)O)CCN1S(=O)(=O)c1ccccc1S(C)(=O)=O. The van der Waals surface area contributed by atoms with E-state index in [1.807, 2.05) is 0 Å². The number of piperazine rings is 1. The number of hydrogen-bond donors (Lipinski definition) is 1. The van der Waals surface area contributed by atoms with Crippen molar-refractivity contribution in [3.63, 3.8) is 0 Å². The van der Waals surface area contributed by atoms with Crippen molar-refractivity contribution in [2.75, 3.05) is 25.9 Å². The number of nitrogens with zero attached hydrogens (tertiary/aromatic N) is 2. The largest absolute Gasteiger partial charge is 0.465 e. The van der Waals surface area contributed by atoms with Gasteiger partial charge in [-0.1, -0.05) is 12.1 Å². The van der Waals surface area contributed by atoms with Crippen molar-refractivity contribution in [3.05, 3.63) is 24.3 Å². The molecule has 8 nitrogen and oxygen atoms in total. The van der Waals surface area contributed by atoms with Crippen LogP contribution in [0.1, 0.15) is 6.92 Å². The second kappa shape index (κ2) is 6.10. The second-order valence-electron chi connectivity index (χ2n) is 5.41. The first kappa shape index (κ1) is 17.7. The summed E-state index contributed by atoms with van der Waals surface area (Å²) in [6.45, 7) is 1.65. The minimum atomic E-state index is -4.04. The summed E-state index contributed by atoms with van der Waals surface area (Å²) < 4.78 is 50.5. The van der Waals surface area contributed by atoms with Crippen LogP contribution in [0.2, 0.25) is 0 Å². The molecule has 1 fully saturated rings. The number of sulfone groups is 1. The third kappa shape index (κ3) is 3.48. The van der Waals surface area contributed by atoms with Gasteiger partial charge in [0.25, 0.3) is 0 Å².